The second kappa shape index (κ2) is 16.9. The van der Waals surface area contributed by atoms with E-state index in [9.17, 15) is 0 Å². The van der Waals surface area contributed by atoms with Gasteiger partial charge in [0, 0.05) is 50.6 Å². The third-order valence-corrected chi connectivity index (χ3v) is 13.2. The van der Waals surface area contributed by atoms with E-state index in [4.69, 9.17) is 24.7 Å². The van der Waals surface area contributed by atoms with Gasteiger partial charge in [-0.3, -0.25) is 4.98 Å². The molecule has 0 amide bonds. The van der Waals surface area contributed by atoms with E-state index in [1.165, 1.54) is 27.5 Å². The Balaban J connectivity index is 0.929. The standard InChI is InChI=1S/C63H44N4O/c1-63(2)57-53(24-14-26-55(57)68-56-36-35-44-16-12-13-23-52(44)58(56)63)45-33-31-42(32-34-45)41-27-29-43(30-28-41)49-38-50(54-25-15-37-64-59(54)46-17-6-3-7-18-46)40-51(39-49)62-66-60(47-19-8-4-9-20-47)65-61(67-62)48-21-10-5-11-22-48/h3-40H,1-2H3. The van der Waals surface area contributed by atoms with E-state index < -0.39 is 0 Å². The Morgan fingerprint density at radius 1 is 0.338 bits per heavy atom. The van der Waals surface area contributed by atoms with Crippen molar-refractivity contribution < 1.29 is 4.74 Å². The van der Waals surface area contributed by atoms with Crippen molar-refractivity contribution in [3.05, 3.63) is 242 Å². The smallest absolute Gasteiger partial charge is 0.164 e. The van der Waals surface area contributed by atoms with Crippen molar-refractivity contribution in [1.82, 2.24) is 19.9 Å². The van der Waals surface area contributed by atoms with Crippen molar-refractivity contribution >= 4 is 10.8 Å². The summed E-state index contributed by atoms with van der Waals surface area (Å²) in [6.45, 7) is 4.65. The molecule has 0 unspecified atom stereocenters. The molecule has 0 spiro atoms. The summed E-state index contributed by atoms with van der Waals surface area (Å²) in [5.41, 5.74) is 15.6. The zero-order valence-electron chi connectivity index (χ0n) is 37.6. The van der Waals surface area contributed by atoms with Crippen LogP contribution < -0.4 is 4.74 Å². The van der Waals surface area contributed by atoms with Crippen LogP contribution in [0.4, 0.5) is 0 Å². The minimum absolute atomic E-state index is 0.288. The third-order valence-electron chi connectivity index (χ3n) is 13.2. The van der Waals surface area contributed by atoms with Gasteiger partial charge < -0.3 is 4.74 Å². The maximum Gasteiger partial charge on any atom is 0.164 e. The molecular weight excluding hydrogens is 829 g/mol. The van der Waals surface area contributed by atoms with Gasteiger partial charge >= 0.3 is 0 Å². The summed E-state index contributed by atoms with van der Waals surface area (Å²) < 4.78 is 6.65. The molecule has 11 aromatic rings. The van der Waals surface area contributed by atoms with Gasteiger partial charge in [0.15, 0.2) is 17.5 Å². The molecule has 0 saturated heterocycles. The summed E-state index contributed by atoms with van der Waals surface area (Å²) in [7, 11) is 0. The second-order valence-corrected chi connectivity index (χ2v) is 17.8. The van der Waals surface area contributed by atoms with Crippen LogP contribution in [-0.2, 0) is 5.41 Å². The predicted molar refractivity (Wildman–Crippen MR) is 277 cm³/mol. The van der Waals surface area contributed by atoms with Crippen LogP contribution in [0.1, 0.15) is 25.0 Å². The van der Waals surface area contributed by atoms with Gasteiger partial charge in [-0.2, -0.15) is 0 Å². The van der Waals surface area contributed by atoms with Gasteiger partial charge in [-0.05, 0) is 86.1 Å². The Hall–Kier alpha value is -8.80. The number of aromatic nitrogens is 4. The first-order valence-electron chi connectivity index (χ1n) is 23.0. The van der Waals surface area contributed by atoms with Crippen molar-refractivity contribution in [2.75, 3.05) is 0 Å². The predicted octanol–water partition coefficient (Wildman–Crippen LogP) is 16.2. The zero-order valence-corrected chi connectivity index (χ0v) is 37.6. The van der Waals surface area contributed by atoms with E-state index in [1.54, 1.807) is 0 Å². The molecule has 5 nitrogen and oxygen atoms in total. The molecule has 1 aliphatic rings. The number of fused-ring (bicyclic) bond motifs is 4. The fourth-order valence-corrected chi connectivity index (χ4v) is 9.90. The van der Waals surface area contributed by atoms with Crippen LogP contribution in [0.25, 0.3) is 101 Å². The highest BCUT2D eigenvalue weighted by atomic mass is 16.5. The molecule has 0 bridgehead atoms. The zero-order chi connectivity index (χ0) is 45.6. The lowest BCUT2D eigenvalue weighted by atomic mass is 9.71. The lowest BCUT2D eigenvalue weighted by Crippen LogP contribution is -2.25. The molecule has 2 aromatic heterocycles. The third kappa shape index (κ3) is 7.40. The van der Waals surface area contributed by atoms with Gasteiger partial charge in [-0.15, -0.1) is 0 Å². The van der Waals surface area contributed by atoms with Gasteiger partial charge in [0.2, 0.25) is 0 Å². The molecule has 0 fully saturated rings. The fourth-order valence-electron chi connectivity index (χ4n) is 9.90. The average molecular weight is 873 g/mol. The molecule has 1 aliphatic heterocycles. The molecule has 0 N–H and O–H groups in total. The minimum Gasteiger partial charge on any atom is -0.457 e. The van der Waals surface area contributed by atoms with Crippen molar-refractivity contribution in [1.29, 1.82) is 0 Å². The SMILES string of the molecule is CC1(C)c2c(cccc2-c2ccc(-c3ccc(-c4cc(-c5nc(-c6ccccc6)nc(-c6ccccc6)n5)cc(-c5cccnc5-c5ccccc5)c4)cc3)cc2)Oc2ccc3ccccc3c21. The number of nitrogens with zero attached hydrogens (tertiary/aromatic N) is 4. The molecule has 5 heteroatoms. The highest BCUT2D eigenvalue weighted by Crippen LogP contribution is 2.53. The van der Waals surface area contributed by atoms with Gasteiger partial charge in [0.05, 0.1) is 5.69 Å². The van der Waals surface area contributed by atoms with Crippen LogP contribution in [0.5, 0.6) is 11.5 Å². The summed E-state index contributed by atoms with van der Waals surface area (Å²) in [6, 6.07) is 78.4. The Labute approximate surface area is 396 Å². The topological polar surface area (TPSA) is 60.8 Å². The molecule has 0 saturated carbocycles. The normalized spacial score (nSPS) is 12.5. The van der Waals surface area contributed by atoms with E-state index in [1.807, 2.05) is 79.0 Å². The van der Waals surface area contributed by atoms with Crippen molar-refractivity contribution in [2.24, 2.45) is 0 Å². The van der Waals surface area contributed by atoms with Crippen LogP contribution >= 0.6 is 0 Å². The van der Waals surface area contributed by atoms with Crippen LogP contribution in [0.2, 0.25) is 0 Å². The van der Waals surface area contributed by atoms with Gasteiger partial charge in [0.1, 0.15) is 11.5 Å². The number of rotatable bonds is 8. The first kappa shape index (κ1) is 40.7. The Morgan fingerprint density at radius 3 is 1.49 bits per heavy atom. The fraction of sp³-hybridized carbons (Fsp3) is 0.0476. The molecule has 0 radical (unpaired) electrons. The first-order valence-corrected chi connectivity index (χ1v) is 23.0. The lowest BCUT2D eigenvalue weighted by Gasteiger charge is -2.37. The Morgan fingerprint density at radius 2 is 0.838 bits per heavy atom. The number of ether oxygens (including phenoxy) is 1. The Bertz CT molecular complexity index is 3590. The number of benzene rings is 9. The molecule has 322 valence electrons. The van der Waals surface area contributed by atoms with E-state index in [0.29, 0.717) is 17.5 Å². The van der Waals surface area contributed by atoms with Crippen LogP contribution in [-0.4, -0.2) is 19.9 Å². The number of pyridine rings is 1. The lowest BCUT2D eigenvalue weighted by molar-refractivity contribution is 0.421. The highest BCUT2D eigenvalue weighted by Gasteiger charge is 2.37. The highest BCUT2D eigenvalue weighted by molar-refractivity contribution is 5.92. The molecule has 12 rings (SSSR count). The monoisotopic (exact) mass is 872 g/mol. The maximum absolute atomic E-state index is 6.65. The number of hydrogen-bond acceptors (Lipinski definition) is 5. The number of hydrogen-bond donors (Lipinski definition) is 0. The molecule has 0 atom stereocenters. The molecule has 68 heavy (non-hydrogen) atoms. The first-order chi connectivity index (χ1) is 33.4. The van der Waals surface area contributed by atoms with Crippen molar-refractivity contribution in [2.45, 2.75) is 19.3 Å². The molecule has 0 aliphatic carbocycles. The second-order valence-electron chi connectivity index (χ2n) is 17.8. The van der Waals surface area contributed by atoms with Gasteiger partial charge in [-0.25, -0.2) is 15.0 Å². The van der Waals surface area contributed by atoms with Crippen LogP contribution in [0.15, 0.2) is 231 Å². The van der Waals surface area contributed by atoms with E-state index in [-0.39, 0.29) is 5.41 Å². The summed E-state index contributed by atoms with van der Waals surface area (Å²) >= 11 is 0. The molecular formula is C63H44N4O. The van der Waals surface area contributed by atoms with E-state index >= 15 is 0 Å². The summed E-state index contributed by atoms with van der Waals surface area (Å²) in [5.74, 6) is 3.66. The Kier molecular flexibility index (Phi) is 10.1. The largest absolute Gasteiger partial charge is 0.457 e. The average Bonchev–Trinajstić information content (AvgIpc) is 3.41. The van der Waals surface area contributed by atoms with Gasteiger partial charge in [-0.1, -0.05) is 202 Å². The van der Waals surface area contributed by atoms with E-state index in [2.05, 4.69) is 166 Å². The van der Waals surface area contributed by atoms with Crippen molar-refractivity contribution in [3.63, 3.8) is 0 Å². The maximum atomic E-state index is 6.65. The minimum atomic E-state index is -0.288. The van der Waals surface area contributed by atoms with Crippen LogP contribution in [0, 0.1) is 0 Å². The quantitative estimate of drug-likeness (QED) is 0.152. The van der Waals surface area contributed by atoms with Crippen LogP contribution in [0.3, 0.4) is 0 Å². The molecule has 3 heterocycles. The summed E-state index contributed by atoms with van der Waals surface area (Å²) in [4.78, 5) is 20.2. The van der Waals surface area contributed by atoms with E-state index in [0.717, 1.165) is 78.4 Å². The molecule has 9 aromatic carbocycles. The van der Waals surface area contributed by atoms with Crippen molar-refractivity contribution in [3.8, 4) is 101 Å². The summed E-state index contributed by atoms with van der Waals surface area (Å²) in [6.07, 6.45) is 1.86. The summed E-state index contributed by atoms with van der Waals surface area (Å²) in [5, 5.41) is 2.45. The van der Waals surface area contributed by atoms with Gasteiger partial charge in [0.25, 0.3) is 0 Å².